The molecule has 0 aliphatic carbocycles. The number of likely N-dealkylation sites (N-methyl/N-ethyl adjacent to an activating group) is 1. The van der Waals surface area contributed by atoms with Gasteiger partial charge in [-0.2, -0.15) is 0 Å². The van der Waals surface area contributed by atoms with E-state index in [1.807, 2.05) is 37.2 Å². The van der Waals surface area contributed by atoms with E-state index in [-0.39, 0.29) is 23.9 Å². The number of amides is 1. The van der Waals surface area contributed by atoms with E-state index < -0.39 is 5.82 Å². The first-order chi connectivity index (χ1) is 12.0. The lowest BCUT2D eigenvalue weighted by atomic mass is 10.2. The summed E-state index contributed by atoms with van der Waals surface area (Å²) in [5, 5.41) is 0.572. The first kappa shape index (κ1) is 20.8. The van der Waals surface area contributed by atoms with E-state index in [1.54, 1.807) is 17.0 Å². The predicted octanol–water partition coefficient (Wildman–Crippen LogP) is 4.83. The van der Waals surface area contributed by atoms with E-state index in [0.717, 1.165) is 14.7 Å². The number of fused-ring (bicyclic) bond motifs is 1. The van der Waals surface area contributed by atoms with E-state index in [9.17, 15) is 9.18 Å². The minimum absolute atomic E-state index is 0. The van der Waals surface area contributed by atoms with Crippen molar-refractivity contribution in [3.8, 4) is 0 Å². The summed E-state index contributed by atoms with van der Waals surface area (Å²) >= 11 is 4.87. The Labute approximate surface area is 170 Å². The summed E-state index contributed by atoms with van der Waals surface area (Å²) in [7, 11) is 3.86. The van der Waals surface area contributed by atoms with Crippen molar-refractivity contribution in [1.29, 1.82) is 0 Å². The summed E-state index contributed by atoms with van der Waals surface area (Å²) in [5.41, 5.74) is 0.876. The molecular formula is C18H18BrClFN3OS. The van der Waals surface area contributed by atoms with E-state index in [0.29, 0.717) is 18.2 Å². The molecule has 1 aromatic heterocycles. The van der Waals surface area contributed by atoms with Gasteiger partial charge in [-0.05, 0) is 44.4 Å². The van der Waals surface area contributed by atoms with Crippen LogP contribution in [-0.4, -0.2) is 43.0 Å². The minimum Gasteiger partial charge on any atom is -0.308 e. The normalized spacial score (nSPS) is 10.8. The Bertz CT molecular complexity index is 918. The van der Waals surface area contributed by atoms with Crippen molar-refractivity contribution in [3.05, 3.63) is 58.3 Å². The fraction of sp³-hybridized carbons (Fsp3) is 0.222. The molecule has 0 radical (unpaired) electrons. The Morgan fingerprint density at radius 1 is 1.19 bits per heavy atom. The molecule has 26 heavy (non-hydrogen) atoms. The number of benzene rings is 2. The summed E-state index contributed by atoms with van der Waals surface area (Å²) in [6, 6.07) is 11.8. The van der Waals surface area contributed by atoms with Crippen LogP contribution in [0.5, 0.6) is 0 Å². The van der Waals surface area contributed by atoms with Gasteiger partial charge in [0.25, 0.3) is 5.91 Å². The molecule has 3 aromatic rings. The van der Waals surface area contributed by atoms with Crippen LogP contribution < -0.4 is 4.90 Å². The van der Waals surface area contributed by atoms with Gasteiger partial charge in [-0.15, -0.1) is 12.4 Å². The summed E-state index contributed by atoms with van der Waals surface area (Å²) in [6.45, 7) is 1.08. The molecule has 8 heteroatoms. The third-order valence-electron chi connectivity index (χ3n) is 3.69. The topological polar surface area (TPSA) is 36.4 Å². The molecule has 1 amide bonds. The largest absolute Gasteiger partial charge is 0.308 e. The van der Waals surface area contributed by atoms with E-state index in [2.05, 4.69) is 20.9 Å². The fourth-order valence-corrected chi connectivity index (χ4v) is 3.91. The summed E-state index contributed by atoms with van der Waals surface area (Å²) in [5.74, 6) is -0.899. The molecule has 0 aliphatic rings. The van der Waals surface area contributed by atoms with Gasteiger partial charge in [0.15, 0.2) is 5.13 Å². The van der Waals surface area contributed by atoms with Gasteiger partial charge in [0.2, 0.25) is 0 Å². The molecule has 0 unspecified atom stereocenters. The number of nitrogens with zero attached hydrogens (tertiary/aromatic N) is 3. The van der Waals surface area contributed by atoms with Gasteiger partial charge < -0.3 is 4.90 Å². The average molecular weight is 459 g/mol. The highest BCUT2D eigenvalue weighted by molar-refractivity contribution is 9.10. The molecule has 1 heterocycles. The molecular weight excluding hydrogens is 441 g/mol. The Morgan fingerprint density at radius 2 is 1.92 bits per heavy atom. The second-order valence-corrected chi connectivity index (χ2v) is 7.77. The van der Waals surface area contributed by atoms with Crippen LogP contribution in [0.15, 0.2) is 46.9 Å². The average Bonchev–Trinajstić information content (AvgIpc) is 2.97. The van der Waals surface area contributed by atoms with Crippen LogP contribution in [-0.2, 0) is 0 Å². The van der Waals surface area contributed by atoms with Crippen LogP contribution in [0.1, 0.15) is 10.4 Å². The molecule has 0 aliphatic heterocycles. The second kappa shape index (κ2) is 8.90. The zero-order valence-corrected chi connectivity index (χ0v) is 17.5. The molecule has 3 rings (SSSR count). The number of anilines is 1. The van der Waals surface area contributed by atoms with Crippen molar-refractivity contribution < 1.29 is 9.18 Å². The van der Waals surface area contributed by atoms with E-state index in [1.165, 1.54) is 23.5 Å². The van der Waals surface area contributed by atoms with Crippen LogP contribution >= 0.6 is 39.7 Å². The lowest BCUT2D eigenvalue weighted by molar-refractivity contribution is 0.0981. The highest BCUT2D eigenvalue weighted by Crippen LogP contribution is 2.31. The number of thiazole rings is 1. The number of halogens is 3. The number of carbonyl (C=O) groups excluding carboxylic acids is 1. The molecule has 0 N–H and O–H groups in total. The van der Waals surface area contributed by atoms with Crippen LogP contribution in [0.3, 0.4) is 0 Å². The van der Waals surface area contributed by atoms with Gasteiger partial charge in [0, 0.05) is 17.6 Å². The quantitative estimate of drug-likeness (QED) is 0.549. The summed E-state index contributed by atoms with van der Waals surface area (Å²) in [4.78, 5) is 21.0. The van der Waals surface area contributed by atoms with Crippen molar-refractivity contribution >= 4 is 60.9 Å². The van der Waals surface area contributed by atoms with Crippen LogP contribution in [0, 0.1) is 5.82 Å². The lowest BCUT2D eigenvalue weighted by Crippen LogP contribution is -2.37. The van der Waals surface area contributed by atoms with Crippen LogP contribution in [0.4, 0.5) is 9.52 Å². The molecule has 0 saturated heterocycles. The van der Waals surface area contributed by atoms with Crippen LogP contribution in [0.2, 0.25) is 0 Å². The number of hydrogen-bond acceptors (Lipinski definition) is 4. The highest BCUT2D eigenvalue weighted by Gasteiger charge is 2.23. The smallest absolute Gasteiger partial charge is 0.263 e. The highest BCUT2D eigenvalue weighted by atomic mass is 79.9. The zero-order valence-electron chi connectivity index (χ0n) is 14.3. The SMILES string of the molecule is CN(C)CCN(C(=O)c1ccccc1F)c1nc2ccc(Br)cc2s1.Cl. The maximum absolute atomic E-state index is 14.1. The summed E-state index contributed by atoms with van der Waals surface area (Å²) in [6.07, 6.45) is 0. The third-order valence-corrected chi connectivity index (χ3v) is 5.22. The van der Waals surface area contributed by atoms with Gasteiger partial charge in [-0.1, -0.05) is 39.4 Å². The molecule has 0 saturated carbocycles. The van der Waals surface area contributed by atoms with Gasteiger partial charge >= 0.3 is 0 Å². The number of hydrogen-bond donors (Lipinski definition) is 0. The predicted molar refractivity (Wildman–Crippen MR) is 111 cm³/mol. The Kier molecular flexibility index (Phi) is 7.11. The minimum atomic E-state index is -0.522. The molecule has 0 atom stereocenters. The third kappa shape index (κ3) is 4.59. The Hall–Kier alpha value is -1.54. The van der Waals surface area contributed by atoms with Crippen molar-refractivity contribution in [2.75, 3.05) is 32.1 Å². The maximum Gasteiger partial charge on any atom is 0.263 e. The standard InChI is InChI=1S/C18H17BrFN3OS.ClH/c1-22(2)9-10-23(17(24)13-5-3-4-6-14(13)20)18-21-15-8-7-12(19)11-16(15)25-18;/h3-8,11H,9-10H2,1-2H3;1H. The molecule has 138 valence electrons. The van der Waals surface area contributed by atoms with E-state index >= 15 is 0 Å². The molecule has 4 nitrogen and oxygen atoms in total. The van der Waals surface area contributed by atoms with Gasteiger partial charge in [0.05, 0.1) is 15.8 Å². The van der Waals surface area contributed by atoms with Crippen molar-refractivity contribution in [3.63, 3.8) is 0 Å². The van der Waals surface area contributed by atoms with Gasteiger partial charge in [-0.3, -0.25) is 9.69 Å². The monoisotopic (exact) mass is 457 g/mol. The summed E-state index contributed by atoms with van der Waals surface area (Å²) < 4.78 is 16.0. The Balaban J connectivity index is 0.00000243. The first-order valence-electron chi connectivity index (χ1n) is 7.73. The van der Waals surface area contributed by atoms with Crippen molar-refractivity contribution in [1.82, 2.24) is 9.88 Å². The number of aromatic nitrogens is 1. The maximum atomic E-state index is 14.1. The van der Waals surface area contributed by atoms with E-state index in [4.69, 9.17) is 0 Å². The fourth-order valence-electron chi connectivity index (χ4n) is 2.37. The second-order valence-electron chi connectivity index (χ2n) is 5.85. The van der Waals surface area contributed by atoms with Gasteiger partial charge in [0.1, 0.15) is 5.82 Å². The molecule has 0 fully saturated rings. The zero-order chi connectivity index (χ0) is 18.0. The Morgan fingerprint density at radius 3 is 2.62 bits per heavy atom. The van der Waals surface area contributed by atoms with Crippen LogP contribution in [0.25, 0.3) is 10.2 Å². The van der Waals surface area contributed by atoms with Crippen molar-refractivity contribution in [2.45, 2.75) is 0 Å². The molecule has 2 aromatic carbocycles. The van der Waals surface area contributed by atoms with Gasteiger partial charge in [-0.25, -0.2) is 9.37 Å². The first-order valence-corrected chi connectivity index (χ1v) is 9.34. The number of rotatable bonds is 5. The molecule has 0 bridgehead atoms. The molecule has 0 spiro atoms. The lowest BCUT2D eigenvalue weighted by Gasteiger charge is -2.22. The number of carbonyl (C=O) groups is 1. The van der Waals surface area contributed by atoms with Crippen molar-refractivity contribution in [2.24, 2.45) is 0 Å².